The average Bonchev–Trinajstić information content (AvgIpc) is 3.86. The molecule has 2 atom stereocenters. The lowest BCUT2D eigenvalue weighted by atomic mass is 9.96. The van der Waals surface area contributed by atoms with Crippen molar-refractivity contribution in [3.63, 3.8) is 0 Å². The predicted octanol–water partition coefficient (Wildman–Crippen LogP) is 6.24. The summed E-state index contributed by atoms with van der Waals surface area (Å²) in [6.45, 7) is 4.09. The molecular weight excluding hydrogens is 737 g/mol. The second-order valence-corrected chi connectivity index (χ2v) is 14.8. The van der Waals surface area contributed by atoms with Gasteiger partial charge < -0.3 is 25.4 Å². The Morgan fingerprint density at radius 2 is 1.85 bits per heavy atom. The fourth-order valence-electron chi connectivity index (χ4n) is 8.34. The lowest BCUT2D eigenvalue weighted by molar-refractivity contribution is -0.141. The quantitative estimate of drug-likeness (QED) is 0.167. The molecule has 1 aliphatic carbocycles. The number of urea groups is 1. The lowest BCUT2D eigenvalue weighted by Gasteiger charge is -2.28. The highest BCUT2D eigenvalue weighted by molar-refractivity contribution is 6.36. The van der Waals surface area contributed by atoms with E-state index in [1.54, 1.807) is 24.1 Å². The zero-order valence-electron chi connectivity index (χ0n) is 30.3. The zero-order chi connectivity index (χ0) is 38.8. The third-order valence-electron chi connectivity index (χ3n) is 11.0. The Kier molecular flexibility index (Phi) is 9.21. The monoisotopic (exact) mass is 774 g/mol. The van der Waals surface area contributed by atoms with Crippen LogP contribution in [-0.2, 0) is 19.6 Å². The third kappa shape index (κ3) is 6.43. The fourth-order valence-corrected chi connectivity index (χ4v) is 8.67. The number of aryl methyl sites for hydroxylation is 2. The van der Waals surface area contributed by atoms with Crippen LogP contribution in [0.25, 0.3) is 33.2 Å². The summed E-state index contributed by atoms with van der Waals surface area (Å²) in [6, 6.07) is 13.7. The highest BCUT2D eigenvalue weighted by Gasteiger charge is 2.49. The van der Waals surface area contributed by atoms with Gasteiger partial charge in [-0.05, 0) is 61.1 Å². The van der Waals surface area contributed by atoms with Crippen molar-refractivity contribution in [2.75, 3.05) is 45.2 Å². The van der Waals surface area contributed by atoms with E-state index >= 15 is 0 Å². The summed E-state index contributed by atoms with van der Waals surface area (Å²) in [5.74, 6) is 0.278. The number of aliphatic hydroxyl groups is 1. The van der Waals surface area contributed by atoms with Crippen LogP contribution in [0.2, 0.25) is 5.02 Å². The predicted molar refractivity (Wildman–Crippen MR) is 202 cm³/mol. The second kappa shape index (κ2) is 13.8. The van der Waals surface area contributed by atoms with Crippen LogP contribution < -0.4 is 20.9 Å². The molecule has 5 aromatic rings. The van der Waals surface area contributed by atoms with Crippen molar-refractivity contribution in [1.82, 2.24) is 34.9 Å². The van der Waals surface area contributed by atoms with E-state index in [2.05, 4.69) is 31.7 Å². The van der Waals surface area contributed by atoms with Crippen molar-refractivity contribution in [2.45, 2.75) is 43.9 Å². The van der Waals surface area contributed by atoms with Crippen LogP contribution in [0.15, 0.2) is 59.5 Å². The molecule has 3 aromatic heterocycles. The summed E-state index contributed by atoms with van der Waals surface area (Å²) in [4.78, 5) is 38.5. The molecule has 16 heteroatoms. The Morgan fingerprint density at radius 3 is 2.62 bits per heavy atom. The number of β-amino-alcohol motifs (C(OH)–C–C–N with tert-alkyl or cyclic N) is 1. The Morgan fingerprint density at radius 1 is 1.09 bits per heavy atom. The first kappa shape index (κ1) is 36.7. The first-order chi connectivity index (χ1) is 26.3. The summed E-state index contributed by atoms with van der Waals surface area (Å²) in [5, 5.41) is 19.9. The Labute approximate surface area is 318 Å². The minimum Gasteiger partial charge on any atom is -0.481 e. The van der Waals surface area contributed by atoms with Crippen molar-refractivity contribution in [2.24, 2.45) is 7.05 Å². The van der Waals surface area contributed by atoms with Crippen molar-refractivity contribution in [3.8, 4) is 28.3 Å². The number of hydrogen-bond acceptors (Lipinski definition) is 9. The smallest absolute Gasteiger partial charge is 0.433 e. The van der Waals surface area contributed by atoms with E-state index in [-0.39, 0.29) is 40.8 Å². The number of nitrogens with zero attached hydrogens (tertiary/aromatic N) is 6. The maximum atomic E-state index is 13.9. The van der Waals surface area contributed by atoms with Gasteiger partial charge in [-0.3, -0.25) is 9.69 Å². The van der Waals surface area contributed by atoms with E-state index in [4.69, 9.17) is 21.3 Å². The van der Waals surface area contributed by atoms with Crippen LogP contribution in [-0.4, -0.2) is 86.1 Å². The van der Waals surface area contributed by atoms with Gasteiger partial charge in [0.15, 0.2) is 0 Å². The molecule has 3 N–H and O–H groups in total. The number of aliphatic hydroxyl groups excluding tert-OH is 1. The number of pyridine rings is 2. The first-order valence-electron chi connectivity index (χ1n) is 17.9. The van der Waals surface area contributed by atoms with Crippen molar-refractivity contribution in [1.29, 1.82) is 0 Å². The molecule has 55 heavy (non-hydrogen) atoms. The number of halogens is 4. The summed E-state index contributed by atoms with van der Waals surface area (Å²) in [7, 11) is 3.02. The molecule has 2 aliphatic heterocycles. The van der Waals surface area contributed by atoms with Crippen LogP contribution >= 0.6 is 11.6 Å². The largest absolute Gasteiger partial charge is 0.481 e. The number of likely N-dealkylation sites (tertiary alicyclic amines) is 1. The maximum absolute atomic E-state index is 13.9. The fraction of sp³-hybridized carbons (Fsp3) is 0.359. The van der Waals surface area contributed by atoms with E-state index < -0.39 is 17.4 Å². The van der Waals surface area contributed by atoms with E-state index in [1.165, 1.54) is 13.2 Å². The highest BCUT2D eigenvalue weighted by atomic mass is 35.5. The van der Waals surface area contributed by atoms with Crippen LogP contribution in [0.4, 0.5) is 29.5 Å². The van der Waals surface area contributed by atoms with E-state index in [0.29, 0.717) is 58.6 Å². The maximum Gasteiger partial charge on any atom is 0.433 e. The topological polar surface area (TPSA) is 138 Å². The van der Waals surface area contributed by atoms with Gasteiger partial charge in [0.25, 0.3) is 5.56 Å². The van der Waals surface area contributed by atoms with E-state index in [0.717, 1.165) is 53.2 Å². The molecule has 2 amide bonds. The van der Waals surface area contributed by atoms with Gasteiger partial charge in [0, 0.05) is 67.0 Å². The number of methoxy groups -OCH3 is 1. The third-order valence-corrected chi connectivity index (χ3v) is 11.4. The number of anilines is 2. The molecule has 2 aromatic carbocycles. The summed E-state index contributed by atoms with van der Waals surface area (Å²) < 4.78 is 48.6. The first-order valence-corrected chi connectivity index (χ1v) is 18.3. The highest BCUT2D eigenvalue weighted by Crippen LogP contribution is 2.47. The van der Waals surface area contributed by atoms with Gasteiger partial charge in [-0.1, -0.05) is 41.9 Å². The molecule has 12 nitrogen and oxygen atoms in total. The number of fused-ring (bicyclic) bond motifs is 2. The summed E-state index contributed by atoms with van der Waals surface area (Å²) in [5.41, 5.74) is 3.86. The number of rotatable bonds is 8. The van der Waals surface area contributed by atoms with Crippen molar-refractivity contribution in [3.05, 3.63) is 92.5 Å². The lowest BCUT2D eigenvalue weighted by Crippen LogP contribution is -2.46. The van der Waals surface area contributed by atoms with Gasteiger partial charge in [0.1, 0.15) is 11.5 Å². The van der Waals surface area contributed by atoms with E-state index in [1.807, 2.05) is 31.2 Å². The summed E-state index contributed by atoms with van der Waals surface area (Å²) in [6.07, 6.45) is -1.06. The van der Waals surface area contributed by atoms with E-state index in [9.17, 15) is 27.9 Å². The molecule has 2 saturated heterocycles. The van der Waals surface area contributed by atoms with Crippen LogP contribution in [0.5, 0.6) is 5.88 Å². The van der Waals surface area contributed by atoms with Gasteiger partial charge in [0.2, 0.25) is 5.88 Å². The Bertz CT molecular complexity index is 2420. The van der Waals surface area contributed by atoms with Gasteiger partial charge in [-0.25, -0.2) is 19.4 Å². The number of hydrogen-bond donors (Lipinski definition) is 3. The van der Waals surface area contributed by atoms with Gasteiger partial charge in [-0.2, -0.15) is 18.3 Å². The normalized spacial score (nSPS) is 19.7. The van der Waals surface area contributed by atoms with Crippen LogP contribution in [0, 0.1) is 6.92 Å². The number of carbonyl (C=O) groups excluding carboxylic acids is 1. The van der Waals surface area contributed by atoms with Crippen molar-refractivity contribution < 1.29 is 27.8 Å². The molecule has 3 aliphatic rings. The Hall–Kier alpha value is -5.25. The number of alkyl halides is 3. The minimum atomic E-state index is -4.75. The molecule has 0 bridgehead atoms. The average molecular weight is 775 g/mol. The molecule has 0 saturated carbocycles. The van der Waals surface area contributed by atoms with Crippen LogP contribution in [0.3, 0.4) is 0 Å². The molecule has 0 unspecified atom stereocenters. The zero-order valence-corrected chi connectivity index (χ0v) is 31.1. The number of benzene rings is 2. The molecule has 5 heterocycles. The number of ether oxygens (including phenoxy) is 1. The minimum absolute atomic E-state index is 0.0123. The van der Waals surface area contributed by atoms with Gasteiger partial charge >= 0.3 is 12.2 Å². The number of nitrogens with one attached hydrogen (secondary N) is 2. The summed E-state index contributed by atoms with van der Waals surface area (Å²) >= 11 is 7.19. The van der Waals surface area contributed by atoms with Crippen LogP contribution in [0.1, 0.15) is 41.3 Å². The molecule has 0 radical (unpaired) electrons. The van der Waals surface area contributed by atoms with Crippen molar-refractivity contribution >= 4 is 39.9 Å². The molecule has 2 fully saturated rings. The molecular formula is C39H38ClF3N8O4. The number of aromatic nitrogens is 4. The molecule has 8 rings (SSSR count). The standard InChI is InChI=1S/C39H38ClF3N8O4/c1-21-24(6-5-9-27(21)45-34-32-23(18-44-49(2)36(32)53)17-30(47-34)39(41,42)43)25-7-4-8-26(33(25)40)28-16-22-10-11-29(31(22)35(46-28)55-3)50-13-12-38(19-50)20-51(14-15-52)37(54)48-38/h4-9,16-18,29,52H,10-15,19-20H2,1-3H3,(H,45,47)(H,48,54)/t29-,38-/m0/s1. The SMILES string of the molecule is COc1nc(-c2cccc(-c3cccc(Nc4nc(C(F)(F)F)cc5cnn(C)c(=O)c45)c3C)c2Cl)cc2c1[C@@H](N1CC[C@@]3(CN(CCO)C(=O)N3)C1)CC2. The molecule has 1 spiro atoms. The molecule has 286 valence electrons. The van der Waals surface area contributed by atoms with Gasteiger partial charge in [0.05, 0.1) is 41.6 Å². The Balaban J connectivity index is 1.11. The van der Waals surface area contributed by atoms with Gasteiger partial charge in [-0.15, -0.1) is 0 Å². The second-order valence-electron chi connectivity index (χ2n) is 14.4. The number of carbonyl (C=O) groups is 1. The number of amides is 2.